The Morgan fingerprint density at radius 3 is 2.78 bits per heavy atom. The molecular weight excluding hydrogens is 298 g/mol. The van der Waals surface area contributed by atoms with Crippen LogP contribution in [0.2, 0.25) is 0 Å². The maximum Gasteiger partial charge on any atom is 0.283 e. The van der Waals surface area contributed by atoms with E-state index in [-0.39, 0.29) is 11.6 Å². The second-order valence-electron chi connectivity index (χ2n) is 4.87. The van der Waals surface area contributed by atoms with Gasteiger partial charge in [-0.3, -0.25) is 4.79 Å². The maximum atomic E-state index is 12.3. The number of carbonyl (C=O) groups is 1. The lowest BCUT2D eigenvalue weighted by atomic mass is 10.2. The van der Waals surface area contributed by atoms with Crippen LogP contribution >= 0.6 is 0 Å². The van der Waals surface area contributed by atoms with Gasteiger partial charge in [0.15, 0.2) is 5.82 Å². The molecule has 0 fully saturated rings. The average Bonchev–Trinajstić information content (AvgIpc) is 3.14. The van der Waals surface area contributed by atoms with Crippen molar-refractivity contribution in [3.05, 3.63) is 53.4 Å². The highest BCUT2D eigenvalue weighted by Crippen LogP contribution is 2.18. The molecule has 8 nitrogen and oxygen atoms in total. The Labute approximate surface area is 132 Å². The van der Waals surface area contributed by atoms with E-state index in [9.17, 15) is 4.79 Å². The summed E-state index contributed by atoms with van der Waals surface area (Å²) in [7, 11) is 1.47. The van der Waals surface area contributed by atoms with Crippen LogP contribution in [0.25, 0.3) is 0 Å². The van der Waals surface area contributed by atoms with Gasteiger partial charge in [0.05, 0.1) is 13.7 Å². The third-order valence-corrected chi connectivity index (χ3v) is 3.14. The van der Waals surface area contributed by atoms with Crippen LogP contribution in [0.15, 0.2) is 40.9 Å². The molecule has 8 heteroatoms. The monoisotopic (exact) mass is 313 g/mol. The van der Waals surface area contributed by atoms with Crippen LogP contribution in [0.4, 0.5) is 5.82 Å². The van der Waals surface area contributed by atoms with E-state index in [1.54, 1.807) is 13.0 Å². The van der Waals surface area contributed by atoms with Gasteiger partial charge in [0.2, 0.25) is 11.6 Å². The Morgan fingerprint density at radius 2 is 2.13 bits per heavy atom. The van der Waals surface area contributed by atoms with E-state index < -0.39 is 5.91 Å². The first-order chi connectivity index (χ1) is 11.2. The fourth-order valence-corrected chi connectivity index (χ4v) is 2.11. The summed E-state index contributed by atoms with van der Waals surface area (Å²) in [6, 6.07) is 11.3. The highest BCUT2D eigenvalue weighted by Gasteiger charge is 2.21. The molecule has 3 rings (SSSR count). The second-order valence-corrected chi connectivity index (χ2v) is 4.87. The van der Waals surface area contributed by atoms with Gasteiger partial charge in [0.25, 0.3) is 5.91 Å². The van der Waals surface area contributed by atoms with Gasteiger partial charge in [0, 0.05) is 6.07 Å². The molecule has 0 radical (unpaired) electrons. The zero-order valence-electron chi connectivity index (χ0n) is 12.7. The number of carbonyl (C=O) groups excluding carboxylic acids is 1. The van der Waals surface area contributed by atoms with Crippen LogP contribution in [0.3, 0.4) is 0 Å². The quantitative estimate of drug-likeness (QED) is 0.773. The number of benzene rings is 1. The summed E-state index contributed by atoms with van der Waals surface area (Å²) < 4.78 is 11.7. The summed E-state index contributed by atoms with van der Waals surface area (Å²) in [6.07, 6.45) is 0. The van der Waals surface area contributed by atoms with E-state index in [0.717, 1.165) is 5.56 Å². The molecule has 0 bridgehead atoms. The molecule has 0 saturated heterocycles. The predicted molar refractivity (Wildman–Crippen MR) is 81.3 cm³/mol. The summed E-state index contributed by atoms with van der Waals surface area (Å²) in [5.41, 5.74) is 1.11. The van der Waals surface area contributed by atoms with Crippen LogP contribution in [0, 0.1) is 6.92 Å². The topological polar surface area (TPSA) is 95.1 Å². The number of aromatic nitrogens is 4. The summed E-state index contributed by atoms with van der Waals surface area (Å²) >= 11 is 0. The van der Waals surface area contributed by atoms with Crippen LogP contribution < -0.4 is 10.1 Å². The van der Waals surface area contributed by atoms with E-state index in [1.807, 2.05) is 30.3 Å². The zero-order valence-corrected chi connectivity index (χ0v) is 12.7. The summed E-state index contributed by atoms with van der Waals surface area (Å²) in [5.74, 6) is 0.730. The van der Waals surface area contributed by atoms with Gasteiger partial charge >= 0.3 is 0 Å². The van der Waals surface area contributed by atoms with E-state index in [1.165, 1.54) is 11.8 Å². The SMILES string of the molecule is COc1c(C(=O)Nc2cc(C)on2)nnn1Cc1ccccc1. The molecule has 1 N–H and O–H groups in total. The fourth-order valence-electron chi connectivity index (χ4n) is 2.11. The molecule has 0 unspecified atom stereocenters. The third kappa shape index (κ3) is 3.20. The molecule has 23 heavy (non-hydrogen) atoms. The van der Waals surface area contributed by atoms with Gasteiger partial charge < -0.3 is 14.6 Å². The Kier molecular flexibility index (Phi) is 4.05. The van der Waals surface area contributed by atoms with E-state index in [4.69, 9.17) is 9.26 Å². The maximum absolute atomic E-state index is 12.3. The molecule has 0 atom stereocenters. The Morgan fingerprint density at radius 1 is 1.35 bits per heavy atom. The molecular formula is C15H15N5O3. The largest absolute Gasteiger partial charge is 0.479 e. The van der Waals surface area contributed by atoms with Crippen molar-refractivity contribution in [2.75, 3.05) is 12.4 Å². The number of rotatable bonds is 5. The van der Waals surface area contributed by atoms with Gasteiger partial charge in [0.1, 0.15) is 5.76 Å². The van der Waals surface area contributed by atoms with Crippen LogP contribution in [-0.4, -0.2) is 33.2 Å². The number of aryl methyl sites for hydroxylation is 1. The van der Waals surface area contributed by atoms with Gasteiger partial charge in [-0.25, -0.2) is 4.68 Å². The lowest BCUT2D eigenvalue weighted by molar-refractivity contribution is 0.101. The van der Waals surface area contributed by atoms with Gasteiger partial charge in [-0.15, -0.1) is 5.10 Å². The first kappa shape index (κ1) is 14.8. The van der Waals surface area contributed by atoms with E-state index >= 15 is 0 Å². The normalized spacial score (nSPS) is 10.5. The molecule has 2 heterocycles. The number of hydrogen-bond acceptors (Lipinski definition) is 6. The molecule has 1 amide bonds. The van der Waals surface area contributed by atoms with Gasteiger partial charge in [-0.05, 0) is 12.5 Å². The Hall–Kier alpha value is -3.16. The lowest BCUT2D eigenvalue weighted by Gasteiger charge is -2.06. The summed E-state index contributed by atoms with van der Waals surface area (Å²) in [5, 5.41) is 14.2. The van der Waals surface area contributed by atoms with E-state index in [0.29, 0.717) is 18.1 Å². The average molecular weight is 313 g/mol. The van der Waals surface area contributed by atoms with Crippen molar-refractivity contribution >= 4 is 11.7 Å². The Balaban J connectivity index is 1.81. The minimum atomic E-state index is -0.463. The first-order valence-electron chi connectivity index (χ1n) is 6.93. The standard InChI is InChI=1S/C15H15N5O3/c1-10-8-12(18-23-10)16-14(21)13-15(22-2)20(19-17-13)9-11-6-4-3-5-7-11/h3-8H,9H2,1-2H3,(H,16,18,21). The molecule has 1 aromatic carbocycles. The van der Waals surface area contributed by atoms with Gasteiger partial charge in [-0.2, -0.15) is 0 Å². The molecule has 0 aliphatic heterocycles. The van der Waals surface area contributed by atoms with Gasteiger partial charge in [-0.1, -0.05) is 40.7 Å². The first-order valence-corrected chi connectivity index (χ1v) is 6.93. The number of ether oxygens (including phenoxy) is 1. The number of nitrogens with zero attached hydrogens (tertiary/aromatic N) is 4. The number of amides is 1. The molecule has 3 aromatic rings. The Bertz CT molecular complexity index is 810. The molecule has 0 saturated carbocycles. The third-order valence-electron chi connectivity index (χ3n) is 3.14. The number of hydrogen-bond donors (Lipinski definition) is 1. The van der Waals surface area contributed by atoms with Crippen molar-refractivity contribution < 1.29 is 14.1 Å². The second kappa shape index (κ2) is 6.30. The molecule has 118 valence electrons. The smallest absolute Gasteiger partial charge is 0.283 e. The number of methoxy groups -OCH3 is 1. The van der Waals surface area contributed by atoms with Crippen molar-refractivity contribution in [3.8, 4) is 5.88 Å². The van der Waals surface area contributed by atoms with Crippen molar-refractivity contribution in [2.24, 2.45) is 0 Å². The van der Waals surface area contributed by atoms with Crippen LogP contribution in [0.5, 0.6) is 5.88 Å². The minimum absolute atomic E-state index is 0.0871. The predicted octanol–water partition coefficient (Wildman–Crippen LogP) is 1.88. The van der Waals surface area contributed by atoms with Crippen molar-refractivity contribution in [2.45, 2.75) is 13.5 Å². The van der Waals surface area contributed by atoms with Crippen molar-refractivity contribution in [1.29, 1.82) is 0 Å². The molecule has 0 aliphatic rings. The molecule has 0 spiro atoms. The number of anilines is 1. The van der Waals surface area contributed by atoms with Crippen LogP contribution in [0.1, 0.15) is 21.8 Å². The fraction of sp³-hybridized carbons (Fsp3) is 0.200. The van der Waals surface area contributed by atoms with Crippen LogP contribution in [-0.2, 0) is 6.54 Å². The molecule has 2 aromatic heterocycles. The minimum Gasteiger partial charge on any atom is -0.479 e. The highest BCUT2D eigenvalue weighted by molar-refractivity contribution is 6.03. The number of nitrogens with one attached hydrogen (secondary N) is 1. The highest BCUT2D eigenvalue weighted by atomic mass is 16.5. The molecule has 0 aliphatic carbocycles. The summed E-state index contributed by atoms with van der Waals surface area (Å²) in [6.45, 7) is 2.19. The van der Waals surface area contributed by atoms with E-state index in [2.05, 4.69) is 20.8 Å². The lowest BCUT2D eigenvalue weighted by Crippen LogP contribution is -2.14. The zero-order chi connectivity index (χ0) is 16.2. The summed E-state index contributed by atoms with van der Waals surface area (Å²) in [4.78, 5) is 12.3. The van der Waals surface area contributed by atoms with Crippen molar-refractivity contribution in [3.63, 3.8) is 0 Å². The van der Waals surface area contributed by atoms with Crippen molar-refractivity contribution in [1.82, 2.24) is 20.2 Å².